The largest absolute Gasteiger partial charge is 0.506 e. The molecule has 0 saturated carbocycles. The molecule has 5 heteroatoms. The summed E-state index contributed by atoms with van der Waals surface area (Å²) in [4.78, 5) is 7.30. The second-order valence-electron chi connectivity index (χ2n) is 2.90. The Bertz CT molecular complexity index is 427. The van der Waals surface area contributed by atoms with Crippen LogP contribution in [0.2, 0.25) is 0 Å². The summed E-state index contributed by atoms with van der Waals surface area (Å²) in [7, 11) is 0. The highest BCUT2D eigenvalue weighted by atomic mass is 35.5. The SMILES string of the molecule is Cl.NCCc1nc2c(O)cccc2[nH]1. The first-order valence-electron chi connectivity index (χ1n) is 4.18. The van der Waals surface area contributed by atoms with Crippen molar-refractivity contribution < 1.29 is 5.11 Å². The number of nitrogens with one attached hydrogen (secondary N) is 1. The fourth-order valence-corrected chi connectivity index (χ4v) is 1.32. The monoisotopic (exact) mass is 213 g/mol. The topological polar surface area (TPSA) is 74.9 Å². The Morgan fingerprint density at radius 1 is 1.43 bits per heavy atom. The minimum Gasteiger partial charge on any atom is -0.506 e. The number of halogens is 1. The maximum atomic E-state index is 9.44. The van der Waals surface area contributed by atoms with Crippen LogP contribution in [-0.2, 0) is 6.42 Å². The average molecular weight is 214 g/mol. The zero-order valence-electron chi connectivity index (χ0n) is 7.53. The molecule has 1 aromatic carbocycles. The molecule has 2 aromatic rings. The van der Waals surface area contributed by atoms with Crippen molar-refractivity contribution in [3.8, 4) is 5.75 Å². The van der Waals surface area contributed by atoms with Crippen molar-refractivity contribution in [2.45, 2.75) is 6.42 Å². The number of H-pyrrole nitrogens is 1. The molecule has 0 bridgehead atoms. The van der Waals surface area contributed by atoms with E-state index in [0.717, 1.165) is 11.3 Å². The Hall–Kier alpha value is -1.26. The van der Waals surface area contributed by atoms with Gasteiger partial charge in [-0.25, -0.2) is 4.98 Å². The standard InChI is InChI=1S/C9H11N3O.ClH/c10-5-4-8-11-6-2-1-3-7(13)9(6)12-8;/h1-3,13H,4-5,10H2,(H,11,12);1H. The second-order valence-corrected chi connectivity index (χ2v) is 2.90. The van der Waals surface area contributed by atoms with Gasteiger partial charge in [-0.2, -0.15) is 0 Å². The zero-order valence-corrected chi connectivity index (χ0v) is 8.34. The Kier molecular flexibility index (Phi) is 3.33. The molecule has 0 amide bonds. The number of para-hydroxylation sites is 1. The lowest BCUT2D eigenvalue weighted by Crippen LogP contribution is -2.03. The number of aromatic amines is 1. The molecule has 1 aromatic heterocycles. The van der Waals surface area contributed by atoms with Crippen molar-refractivity contribution in [3.63, 3.8) is 0 Å². The molecule has 14 heavy (non-hydrogen) atoms. The van der Waals surface area contributed by atoms with E-state index in [1.807, 2.05) is 6.07 Å². The molecule has 2 rings (SSSR count). The summed E-state index contributed by atoms with van der Waals surface area (Å²) in [5.74, 6) is 1.02. The lowest BCUT2D eigenvalue weighted by Gasteiger charge is -1.89. The number of benzene rings is 1. The molecule has 0 aliphatic heterocycles. The number of rotatable bonds is 2. The molecule has 0 unspecified atom stereocenters. The number of aromatic hydroxyl groups is 1. The first-order chi connectivity index (χ1) is 6.31. The maximum absolute atomic E-state index is 9.44. The lowest BCUT2D eigenvalue weighted by atomic mass is 10.3. The van der Waals surface area contributed by atoms with Crippen LogP contribution < -0.4 is 5.73 Å². The third kappa shape index (κ3) is 1.81. The molecule has 0 spiro atoms. The van der Waals surface area contributed by atoms with Crippen LogP contribution in [0.3, 0.4) is 0 Å². The summed E-state index contributed by atoms with van der Waals surface area (Å²) in [5, 5.41) is 9.44. The van der Waals surface area contributed by atoms with Crippen LogP contribution in [0.1, 0.15) is 5.82 Å². The summed E-state index contributed by atoms with van der Waals surface area (Å²) in [6.07, 6.45) is 0.703. The summed E-state index contributed by atoms with van der Waals surface area (Å²) in [6, 6.07) is 5.28. The van der Waals surface area contributed by atoms with Gasteiger partial charge in [-0.1, -0.05) is 6.07 Å². The molecule has 0 saturated heterocycles. The first kappa shape index (κ1) is 10.8. The molecular weight excluding hydrogens is 202 g/mol. The van der Waals surface area contributed by atoms with Crippen molar-refractivity contribution in [2.24, 2.45) is 5.73 Å². The number of nitrogens with zero attached hydrogens (tertiary/aromatic N) is 1. The summed E-state index contributed by atoms with van der Waals surface area (Å²) in [5.41, 5.74) is 6.86. The van der Waals surface area contributed by atoms with E-state index in [4.69, 9.17) is 5.73 Å². The molecule has 0 aliphatic carbocycles. The van der Waals surface area contributed by atoms with Gasteiger partial charge in [-0.15, -0.1) is 12.4 Å². The van der Waals surface area contributed by atoms with Gasteiger partial charge in [0, 0.05) is 6.42 Å². The highest BCUT2D eigenvalue weighted by molar-refractivity contribution is 5.85. The van der Waals surface area contributed by atoms with Crippen LogP contribution in [0.15, 0.2) is 18.2 Å². The Morgan fingerprint density at radius 2 is 2.21 bits per heavy atom. The van der Waals surface area contributed by atoms with Crippen LogP contribution in [0, 0.1) is 0 Å². The van der Waals surface area contributed by atoms with E-state index >= 15 is 0 Å². The minimum absolute atomic E-state index is 0. The smallest absolute Gasteiger partial charge is 0.143 e. The van der Waals surface area contributed by atoms with Crippen LogP contribution in [0.4, 0.5) is 0 Å². The summed E-state index contributed by atoms with van der Waals surface area (Å²) in [6.45, 7) is 0.556. The fourth-order valence-electron chi connectivity index (χ4n) is 1.32. The van der Waals surface area contributed by atoms with E-state index < -0.39 is 0 Å². The lowest BCUT2D eigenvalue weighted by molar-refractivity contribution is 0.480. The fraction of sp³-hybridized carbons (Fsp3) is 0.222. The number of fused-ring (bicyclic) bond motifs is 1. The molecular formula is C9H12ClN3O. The number of aromatic nitrogens is 2. The average Bonchev–Trinajstić information content (AvgIpc) is 2.49. The second kappa shape index (κ2) is 4.30. The third-order valence-corrected chi connectivity index (χ3v) is 1.92. The van der Waals surface area contributed by atoms with E-state index in [1.165, 1.54) is 0 Å². The Morgan fingerprint density at radius 3 is 2.86 bits per heavy atom. The van der Waals surface area contributed by atoms with Crippen LogP contribution in [0.25, 0.3) is 11.0 Å². The van der Waals surface area contributed by atoms with Gasteiger partial charge < -0.3 is 15.8 Å². The summed E-state index contributed by atoms with van der Waals surface area (Å²) < 4.78 is 0. The normalized spacial score (nSPS) is 10.1. The molecule has 0 radical (unpaired) electrons. The van der Waals surface area contributed by atoms with Crippen LogP contribution in [-0.4, -0.2) is 21.6 Å². The van der Waals surface area contributed by atoms with E-state index in [2.05, 4.69) is 9.97 Å². The highest BCUT2D eigenvalue weighted by Crippen LogP contribution is 2.21. The number of nitrogens with two attached hydrogens (primary N) is 1. The molecule has 0 fully saturated rings. The van der Waals surface area contributed by atoms with Gasteiger partial charge in [0.2, 0.25) is 0 Å². The van der Waals surface area contributed by atoms with E-state index in [-0.39, 0.29) is 18.2 Å². The van der Waals surface area contributed by atoms with E-state index in [1.54, 1.807) is 12.1 Å². The number of hydrogen-bond acceptors (Lipinski definition) is 3. The summed E-state index contributed by atoms with van der Waals surface area (Å²) >= 11 is 0. The van der Waals surface area contributed by atoms with Crippen LogP contribution in [0.5, 0.6) is 5.75 Å². The van der Waals surface area contributed by atoms with Gasteiger partial charge >= 0.3 is 0 Å². The van der Waals surface area contributed by atoms with E-state index in [0.29, 0.717) is 18.5 Å². The number of hydrogen-bond donors (Lipinski definition) is 3. The van der Waals surface area contributed by atoms with Gasteiger partial charge in [-0.05, 0) is 18.7 Å². The highest BCUT2D eigenvalue weighted by Gasteiger charge is 2.04. The Balaban J connectivity index is 0.000000980. The predicted molar refractivity (Wildman–Crippen MR) is 57.8 cm³/mol. The van der Waals surface area contributed by atoms with Crippen molar-refractivity contribution in [3.05, 3.63) is 24.0 Å². The number of phenols is 1. The predicted octanol–water partition coefficient (Wildman–Crippen LogP) is 1.19. The van der Waals surface area contributed by atoms with Crippen molar-refractivity contribution in [1.82, 2.24) is 9.97 Å². The molecule has 4 nitrogen and oxygen atoms in total. The first-order valence-corrected chi connectivity index (χ1v) is 4.18. The van der Waals surface area contributed by atoms with Crippen LogP contribution >= 0.6 is 12.4 Å². The Labute approximate surface area is 87.6 Å². The quantitative estimate of drug-likeness (QED) is 0.702. The van der Waals surface area contributed by atoms with Gasteiger partial charge in [0.05, 0.1) is 5.52 Å². The van der Waals surface area contributed by atoms with Gasteiger partial charge in [0.1, 0.15) is 17.1 Å². The minimum atomic E-state index is 0. The molecule has 0 aliphatic rings. The van der Waals surface area contributed by atoms with Crippen molar-refractivity contribution in [1.29, 1.82) is 0 Å². The maximum Gasteiger partial charge on any atom is 0.143 e. The number of imidazole rings is 1. The van der Waals surface area contributed by atoms with Gasteiger partial charge in [-0.3, -0.25) is 0 Å². The van der Waals surface area contributed by atoms with E-state index in [9.17, 15) is 5.11 Å². The zero-order chi connectivity index (χ0) is 9.26. The molecule has 76 valence electrons. The van der Waals surface area contributed by atoms with Crippen molar-refractivity contribution >= 4 is 23.4 Å². The van der Waals surface area contributed by atoms with Gasteiger partial charge in [0.15, 0.2) is 0 Å². The van der Waals surface area contributed by atoms with Gasteiger partial charge in [0.25, 0.3) is 0 Å². The molecule has 1 heterocycles. The number of phenolic OH excluding ortho intramolecular Hbond substituents is 1. The van der Waals surface area contributed by atoms with Crippen molar-refractivity contribution in [2.75, 3.05) is 6.54 Å². The third-order valence-electron chi connectivity index (χ3n) is 1.92. The molecule has 4 N–H and O–H groups in total. The molecule has 0 atom stereocenters.